The molecule has 24 heavy (non-hydrogen) atoms. The van der Waals surface area contributed by atoms with E-state index in [1.54, 1.807) is 0 Å². The monoisotopic (exact) mass is 338 g/mol. The molecule has 0 N–H and O–H groups in total. The molecule has 5 atom stereocenters. The second-order valence-corrected chi connectivity index (χ2v) is 9.38. The molecule has 0 saturated heterocycles. The van der Waals surface area contributed by atoms with Gasteiger partial charge in [-0.25, -0.2) is 4.79 Å². The molecular weight excluding hydrogens is 300 g/mol. The van der Waals surface area contributed by atoms with Crippen LogP contribution in [0.1, 0.15) is 86.5 Å². The van der Waals surface area contributed by atoms with Gasteiger partial charge in [-0.05, 0) is 67.6 Å². The Bertz CT molecular complexity index is 417. The Hall–Kier alpha value is -0.730. The minimum absolute atomic E-state index is 0.0252. The van der Waals surface area contributed by atoms with Crippen molar-refractivity contribution in [1.29, 1.82) is 0 Å². The Labute approximate surface area is 148 Å². The zero-order valence-corrected chi connectivity index (χ0v) is 16.6. The van der Waals surface area contributed by atoms with Crippen LogP contribution in [0.25, 0.3) is 0 Å². The molecule has 0 aromatic carbocycles. The molecule has 0 spiro atoms. The van der Waals surface area contributed by atoms with Gasteiger partial charge in [0.25, 0.3) is 0 Å². The van der Waals surface area contributed by atoms with E-state index >= 15 is 0 Å². The molecule has 0 bridgehead atoms. The zero-order valence-electron chi connectivity index (χ0n) is 16.6. The lowest BCUT2D eigenvalue weighted by molar-refractivity contribution is -0.0630. The van der Waals surface area contributed by atoms with Crippen LogP contribution in [0.3, 0.4) is 0 Å². The van der Waals surface area contributed by atoms with Crippen LogP contribution in [0.2, 0.25) is 0 Å². The third-order valence-corrected chi connectivity index (χ3v) is 6.83. The lowest BCUT2D eigenvalue weighted by Gasteiger charge is -2.41. The minimum atomic E-state index is -0.433. The van der Waals surface area contributed by atoms with Crippen LogP contribution >= 0.6 is 0 Å². The number of carbonyl (C=O) groups excluding carboxylic acids is 1. The molecule has 140 valence electrons. The van der Waals surface area contributed by atoms with Gasteiger partial charge in [0.05, 0.1) is 0 Å². The summed E-state index contributed by atoms with van der Waals surface area (Å²) in [5.41, 5.74) is 0.281. The number of hydrogen-bond acceptors (Lipinski definition) is 3. The first-order chi connectivity index (χ1) is 11.2. The van der Waals surface area contributed by atoms with Gasteiger partial charge in [-0.3, -0.25) is 0 Å². The van der Waals surface area contributed by atoms with Crippen LogP contribution in [-0.2, 0) is 9.47 Å². The van der Waals surface area contributed by atoms with Gasteiger partial charge in [0, 0.05) is 0 Å². The van der Waals surface area contributed by atoms with Crippen molar-refractivity contribution in [2.75, 3.05) is 0 Å². The first-order valence-corrected chi connectivity index (χ1v) is 10.1. The van der Waals surface area contributed by atoms with E-state index in [1.807, 2.05) is 0 Å². The van der Waals surface area contributed by atoms with Crippen LogP contribution in [0.15, 0.2) is 0 Å². The summed E-state index contributed by atoms with van der Waals surface area (Å²) >= 11 is 0. The summed E-state index contributed by atoms with van der Waals surface area (Å²) in [4.78, 5) is 12.4. The summed E-state index contributed by atoms with van der Waals surface area (Å²) in [7, 11) is 0. The van der Waals surface area contributed by atoms with Gasteiger partial charge in [-0.1, -0.05) is 48.0 Å². The van der Waals surface area contributed by atoms with Gasteiger partial charge in [-0.15, -0.1) is 0 Å². The number of ether oxygens (including phenoxy) is 2. The van der Waals surface area contributed by atoms with Crippen LogP contribution in [0.4, 0.5) is 4.79 Å². The standard InChI is InChI=1S/C21H38O3/c1-14(2)18-10-9-16(5)12-19(18)24-20(22)23-17-8-7-11-21(6,13-17)15(3)4/h14-19H,7-13H2,1-6H3. The minimum Gasteiger partial charge on any atom is -0.431 e. The third-order valence-electron chi connectivity index (χ3n) is 6.83. The molecule has 3 heteroatoms. The maximum Gasteiger partial charge on any atom is 0.508 e. The number of hydrogen-bond donors (Lipinski definition) is 0. The summed E-state index contributed by atoms with van der Waals surface area (Å²) < 4.78 is 11.5. The van der Waals surface area contributed by atoms with Crippen LogP contribution < -0.4 is 0 Å². The molecule has 2 fully saturated rings. The molecular formula is C21H38O3. The molecule has 0 amide bonds. The molecule has 2 aliphatic carbocycles. The molecule has 0 heterocycles. The van der Waals surface area contributed by atoms with E-state index in [4.69, 9.17) is 9.47 Å². The fourth-order valence-corrected chi connectivity index (χ4v) is 4.62. The van der Waals surface area contributed by atoms with Gasteiger partial charge >= 0.3 is 6.16 Å². The summed E-state index contributed by atoms with van der Waals surface area (Å²) in [5.74, 6) is 2.27. The highest BCUT2D eigenvalue weighted by atomic mass is 16.7. The Morgan fingerprint density at radius 2 is 1.79 bits per heavy atom. The van der Waals surface area contributed by atoms with Gasteiger partial charge in [0.2, 0.25) is 0 Å². The number of rotatable bonds is 4. The molecule has 5 unspecified atom stereocenters. The molecule has 0 aromatic heterocycles. The largest absolute Gasteiger partial charge is 0.508 e. The van der Waals surface area contributed by atoms with E-state index < -0.39 is 6.16 Å². The second-order valence-electron chi connectivity index (χ2n) is 9.38. The van der Waals surface area contributed by atoms with E-state index in [-0.39, 0.29) is 17.6 Å². The Morgan fingerprint density at radius 1 is 1.08 bits per heavy atom. The fraction of sp³-hybridized carbons (Fsp3) is 0.952. The Kier molecular flexibility index (Phi) is 6.61. The normalized spacial score (nSPS) is 37.5. The van der Waals surface area contributed by atoms with E-state index in [0.29, 0.717) is 23.7 Å². The van der Waals surface area contributed by atoms with Crippen molar-refractivity contribution in [2.24, 2.45) is 29.1 Å². The predicted octanol–water partition coefficient (Wildman–Crippen LogP) is 6.21. The van der Waals surface area contributed by atoms with E-state index in [2.05, 4.69) is 41.5 Å². The first-order valence-electron chi connectivity index (χ1n) is 10.1. The van der Waals surface area contributed by atoms with Gasteiger partial charge in [-0.2, -0.15) is 0 Å². The van der Waals surface area contributed by atoms with Crippen LogP contribution in [0.5, 0.6) is 0 Å². The topological polar surface area (TPSA) is 35.5 Å². The zero-order chi connectivity index (χ0) is 17.9. The van der Waals surface area contributed by atoms with Crippen molar-refractivity contribution in [3.05, 3.63) is 0 Å². The van der Waals surface area contributed by atoms with E-state index in [1.165, 1.54) is 12.8 Å². The highest BCUT2D eigenvalue weighted by Crippen LogP contribution is 2.43. The lowest BCUT2D eigenvalue weighted by atomic mass is 9.67. The van der Waals surface area contributed by atoms with Crippen molar-refractivity contribution in [3.8, 4) is 0 Å². The van der Waals surface area contributed by atoms with Crippen molar-refractivity contribution in [2.45, 2.75) is 98.7 Å². The molecule has 2 saturated carbocycles. The molecule has 0 aromatic rings. The molecule has 2 aliphatic rings. The lowest BCUT2D eigenvalue weighted by Crippen LogP contribution is -2.38. The smallest absolute Gasteiger partial charge is 0.431 e. The maximum absolute atomic E-state index is 12.4. The highest BCUT2D eigenvalue weighted by Gasteiger charge is 2.38. The van der Waals surface area contributed by atoms with Crippen molar-refractivity contribution < 1.29 is 14.3 Å². The fourth-order valence-electron chi connectivity index (χ4n) is 4.62. The first kappa shape index (κ1) is 19.6. The van der Waals surface area contributed by atoms with Crippen LogP contribution in [-0.4, -0.2) is 18.4 Å². The van der Waals surface area contributed by atoms with Crippen molar-refractivity contribution in [1.82, 2.24) is 0 Å². The van der Waals surface area contributed by atoms with E-state index in [0.717, 1.165) is 32.1 Å². The number of carbonyl (C=O) groups is 1. The van der Waals surface area contributed by atoms with Gasteiger partial charge < -0.3 is 9.47 Å². The summed E-state index contributed by atoms with van der Waals surface area (Å²) in [5, 5.41) is 0. The van der Waals surface area contributed by atoms with Crippen LogP contribution in [0, 0.1) is 29.1 Å². The average Bonchev–Trinajstić information content (AvgIpc) is 2.46. The Balaban J connectivity index is 1.89. The van der Waals surface area contributed by atoms with Gasteiger partial charge in [0.1, 0.15) is 12.2 Å². The summed E-state index contributed by atoms with van der Waals surface area (Å²) in [6.07, 6.45) is 7.32. The third kappa shape index (κ3) is 4.89. The SMILES string of the molecule is CC1CCC(C(C)C)C(OC(=O)OC2CCCC(C)(C(C)C)C2)C1. The Morgan fingerprint density at radius 3 is 2.42 bits per heavy atom. The quantitative estimate of drug-likeness (QED) is 0.572. The summed E-state index contributed by atoms with van der Waals surface area (Å²) in [6.45, 7) is 13.6. The van der Waals surface area contributed by atoms with Gasteiger partial charge in [0.15, 0.2) is 0 Å². The highest BCUT2D eigenvalue weighted by molar-refractivity contribution is 5.60. The molecule has 0 aliphatic heterocycles. The van der Waals surface area contributed by atoms with Crippen molar-refractivity contribution in [3.63, 3.8) is 0 Å². The molecule has 3 nitrogen and oxygen atoms in total. The summed E-state index contributed by atoms with van der Waals surface area (Å²) in [6, 6.07) is 0. The average molecular weight is 339 g/mol. The van der Waals surface area contributed by atoms with Crippen molar-refractivity contribution >= 4 is 6.16 Å². The molecule has 2 rings (SSSR count). The maximum atomic E-state index is 12.4. The second kappa shape index (κ2) is 8.10. The van der Waals surface area contributed by atoms with E-state index in [9.17, 15) is 4.79 Å². The predicted molar refractivity (Wildman–Crippen MR) is 97.9 cm³/mol. The molecule has 0 radical (unpaired) electrons.